The van der Waals surface area contributed by atoms with Crippen LogP contribution in [0.25, 0.3) is 22.2 Å². The standard InChI is InChI=1S/C20H16F3N3/c1-10(18-11(2)24-9-25-18)17-15-7-14(22)8-16(23)20(15)26-19(17)12-3-5-13(21)6-4-12/h3-10,26H,1-2H3,(H,24,25). The van der Waals surface area contributed by atoms with Gasteiger partial charge in [0.2, 0.25) is 0 Å². The van der Waals surface area contributed by atoms with Crippen molar-refractivity contribution in [1.82, 2.24) is 15.0 Å². The Kier molecular flexibility index (Phi) is 3.83. The molecule has 0 amide bonds. The Bertz CT molecular complexity index is 1090. The summed E-state index contributed by atoms with van der Waals surface area (Å²) in [6.45, 7) is 3.83. The van der Waals surface area contributed by atoms with Crippen molar-refractivity contribution in [2.45, 2.75) is 19.8 Å². The lowest BCUT2D eigenvalue weighted by atomic mass is 9.91. The maximum absolute atomic E-state index is 14.4. The average molecular weight is 355 g/mol. The molecule has 1 atom stereocenters. The molecule has 0 spiro atoms. The second kappa shape index (κ2) is 6.05. The summed E-state index contributed by atoms with van der Waals surface area (Å²) in [5.74, 6) is -1.90. The van der Waals surface area contributed by atoms with Crippen molar-refractivity contribution in [3.05, 3.63) is 77.1 Å². The molecule has 132 valence electrons. The highest BCUT2D eigenvalue weighted by Gasteiger charge is 2.24. The average Bonchev–Trinajstić information content (AvgIpc) is 3.19. The fourth-order valence-electron chi connectivity index (χ4n) is 3.48. The number of nitrogens with zero attached hydrogens (tertiary/aromatic N) is 1. The Hall–Kier alpha value is -3.02. The Morgan fingerprint density at radius 2 is 1.73 bits per heavy atom. The van der Waals surface area contributed by atoms with Crippen LogP contribution in [0.15, 0.2) is 42.7 Å². The predicted molar refractivity (Wildman–Crippen MR) is 94.5 cm³/mol. The smallest absolute Gasteiger partial charge is 0.150 e. The number of nitrogens with one attached hydrogen (secondary N) is 2. The number of hydrogen-bond acceptors (Lipinski definition) is 1. The molecule has 2 aromatic carbocycles. The molecule has 3 nitrogen and oxygen atoms in total. The molecule has 6 heteroatoms. The van der Waals surface area contributed by atoms with Crippen LogP contribution < -0.4 is 0 Å². The highest BCUT2D eigenvalue weighted by atomic mass is 19.1. The number of hydrogen-bond donors (Lipinski definition) is 2. The first kappa shape index (κ1) is 16.4. The lowest BCUT2D eigenvalue weighted by Crippen LogP contribution is -2.00. The third kappa shape index (κ3) is 2.58. The van der Waals surface area contributed by atoms with Gasteiger partial charge < -0.3 is 9.97 Å². The zero-order chi connectivity index (χ0) is 18.4. The number of imidazole rings is 1. The molecule has 0 aliphatic carbocycles. The van der Waals surface area contributed by atoms with Crippen molar-refractivity contribution < 1.29 is 13.2 Å². The van der Waals surface area contributed by atoms with E-state index in [9.17, 15) is 13.2 Å². The highest BCUT2D eigenvalue weighted by Crippen LogP contribution is 2.39. The number of rotatable bonds is 3. The van der Waals surface area contributed by atoms with Crippen LogP contribution in [0.5, 0.6) is 0 Å². The fraction of sp³-hybridized carbons (Fsp3) is 0.150. The van der Waals surface area contributed by atoms with Gasteiger partial charge in [-0.05, 0) is 48.4 Å². The van der Waals surface area contributed by atoms with Gasteiger partial charge in [-0.25, -0.2) is 18.2 Å². The molecule has 2 aromatic heterocycles. The molecule has 26 heavy (non-hydrogen) atoms. The van der Waals surface area contributed by atoms with E-state index in [4.69, 9.17) is 0 Å². The van der Waals surface area contributed by atoms with Gasteiger partial charge in [0.1, 0.15) is 17.5 Å². The highest BCUT2D eigenvalue weighted by molar-refractivity contribution is 5.92. The van der Waals surface area contributed by atoms with Crippen LogP contribution in [0.1, 0.15) is 29.8 Å². The number of aryl methyl sites for hydroxylation is 1. The predicted octanol–water partition coefficient (Wildman–Crippen LogP) is 5.44. The maximum atomic E-state index is 14.4. The number of aromatic nitrogens is 3. The topological polar surface area (TPSA) is 44.5 Å². The van der Waals surface area contributed by atoms with E-state index < -0.39 is 11.6 Å². The molecule has 0 bridgehead atoms. The second-order valence-electron chi connectivity index (χ2n) is 6.37. The van der Waals surface area contributed by atoms with Crippen LogP contribution in [0.2, 0.25) is 0 Å². The van der Waals surface area contributed by atoms with E-state index in [2.05, 4.69) is 15.0 Å². The van der Waals surface area contributed by atoms with Crippen LogP contribution >= 0.6 is 0 Å². The van der Waals surface area contributed by atoms with Gasteiger partial charge in [0.05, 0.1) is 23.2 Å². The third-order valence-electron chi connectivity index (χ3n) is 4.71. The van der Waals surface area contributed by atoms with Gasteiger partial charge >= 0.3 is 0 Å². The Morgan fingerprint density at radius 1 is 1.00 bits per heavy atom. The van der Waals surface area contributed by atoms with Gasteiger partial charge in [-0.15, -0.1) is 0 Å². The van der Waals surface area contributed by atoms with E-state index >= 15 is 0 Å². The number of fused-ring (bicyclic) bond motifs is 1. The molecule has 4 aromatic rings. The first-order valence-corrected chi connectivity index (χ1v) is 8.22. The minimum atomic E-state index is -0.666. The lowest BCUT2D eigenvalue weighted by Gasteiger charge is -2.13. The fourth-order valence-corrected chi connectivity index (χ4v) is 3.48. The summed E-state index contributed by atoms with van der Waals surface area (Å²) in [6.07, 6.45) is 1.59. The van der Waals surface area contributed by atoms with E-state index in [0.717, 1.165) is 23.0 Å². The monoisotopic (exact) mass is 355 g/mol. The molecule has 2 N–H and O–H groups in total. The molecular formula is C20H16F3N3. The summed E-state index contributed by atoms with van der Waals surface area (Å²) in [6, 6.07) is 8.07. The molecule has 0 aliphatic heterocycles. The first-order valence-electron chi connectivity index (χ1n) is 8.22. The second-order valence-corrected chi connectivity index (χ2v) is 6.37. The lowest BCUT2D eigenvalue weighted by molar-refractivity contribution is 0.591. The molecule has 2 heterocycles. The Morgan fingerprint density at radius 3 is 2.38 bits per heavy atom. The largest absolute Gasteiger partial charge is 0.352 e. The molecule has 0 saturated carbocycles. The van der Waals surface area contributed by atoms with Gasteiger partial charge in [-0.3, -0.25) is 0 Å². The van der Waals surface area contributed by atoms with Crippen LogP contribution in [0.4, 0.5) is 13.2 Å². The molecule has 1 unspecified atom stereocenters. The summed E-state index contributed by atoms with van der Waals surface area (Å²) < 4.78 is 41.6. The van der Waals surface area contributed by atoms with Gasteiger partial charge in [-0.2, -0.15) is 0 Å². The number of halogens is 3. The zero-order valence-corrected chi connectivity index (χ0v) is 14.2. The normalized spacial score (nSPS) is 12.7. The van der Waals surface area contributed by atoms with Crippen molar-refractivity contribution in [2.75, 3.05) is 0 Å². The third-order valence-corrected chi connectivity index (χ3v) is 4.71. The first-order chi connectivity index (χ1) is 12.5. The quantitative estimate of drug-likeness (QED) is 0.505. The Labute approximate surface area is 147 Å². The van der Waals surface area contributed by atoms with Crippen molar-refractivity contribution in [1.29, 1.82) is 0 Å². The summed E-state index contributed by atoms with van der Waals surface area (Å²) in [4.78, 5) is 10.4. The van der Waals surface area contributed by atoms with E-state index in [1.807, 2.05) is 13.8 Å². The van der Waals surface area contributed by atoms with E-state index in [1.54, 1.807) is 18.5 Å². The molecule has 0 radical (unpaired) electrons. The minimum absolute atomic E-state index is 0.223. The summed E-state index contributed by atoms with van der Waals surface area (Å²) in [5, 5.41) is 0.455. The number of H-pyrrole nitrogens is 2. The minimum Gasteiger partial charge on any atom is -0.352 e. The van der Waals surface area contributed by atoms with Crippen molar-refractivity contribution >= 4 is 10.9 Å². The number of benzene rings is 2. The van der Waals surface area contributed by atoms with Crippen LogP contribution in [-0.2, 0) is 0 Å². The van der Waals surface area contributed by atoms with Crippen LogP contribution in [-0.4, -0.2) is 15.0 Å². The molecular weight excluding hydrogens is 339 g/mol. The van der Waals surface area contributed by atoms with E-state index in [0.29, 0.717) is 16.6 Å². The molecule has 4 rings (SSSR count). The van der Waals surface area contributed by atoms with Gasteiger partial charge in [-0.1, -0.05) is 6.92 Å². The Balaban J connectivity index is 2.03. The summed E-state index contributed by atoms with van der Waals surface area (Å²) in [7, 11) is 0. The van der Waals surface area contributed by atoms with Crippen LogP contribution in [0.3, 0.4) is 0 Å². The zero-order valence-electron chi connectivity index (χ0n) is 14.2. The van der Waals surface area contributed by atoms with Gasteiger partial charge in [0.25, 0.3) is 0 Å². The molecule has 0 aliphatic rings. The molecule has 0 saturated heterocycles. The van der Waals surface area contributed by atoms with Gasteiger partial charge in [0, 0.05) is 23.1 Å². The van der Waals surface area contributed by atoms with Crippen molar-refractivity contribution in [2.24, 2.45) is 0 Å². The SMILES string of the molecule is Cc1[nH]cnc1C(C)c1c(-c2ccc(F)cc2)[nH]c2c(F)cc(F)cc12. The molecule has 0 fully saturated rings. The summed E-state index contributed by atoms with van der Waals surface area (Å²) in [5.41, 5.74) is 3.94. The van der Waals surface area contributed by atoms with Gasteiger partial charge in [0.15, 0.2) is 0 Å². The van der Waals surface area contributed by atoms with Crippen LogP contribution in [0, 0.1) is 24.4 Å². The van der Waals surface area contributed by atoms with E-state index in [1.165, 1.54) is 18.2 Å². The maximum Gasteiger partial charge on any atom is 0.150 e. The summed E-state index contributed by atoms with van der Waals surface area (Å²) >= 11 is 0. The van der Waals surface area contributed by atoms with Crippen molar-refractivity contribution in [3.63, 3.8) is 0 Å². The number of aromatic amines is 2. The van der Waals surface area contributed by atoms with Crippen molar-refractivity contribution in [3.8, 4) is 11.3 Å². The van der Waals surface area contributed by atoms with E-state index in [-0.39, 0.29) is 17.3 Å².